The molecule has 2 heterocycles. The Balaban J connectivity index is 2.40. The molecule has 3 aromatic rings. The highest BCUT2D eigenvalue weighted by Gasteiger charge is 2.18. The second-order valence-corrected chi connectivity index (χ2v) is 5.04. The summed E-state index contributed by atoms with van der Waals surface area (Å²) in [6.45, 7) is 0. The van der Waals surface area contributed by atoms with Crippen molar-refractivity contribution >= 4 is 39.6 Å². The van der Waals surface area contributed by atoms with E-state index in [1.165, 1.54) is 7.11 Å². The zero-order valence-electron chi connectivity index (χ0n) is 11.7. The minimum absolute atomic E-state index is 0.336. The molecular weight excluding hydrogens is 284 g/mol. The van der Waals surface area contributed by atoms with E-state index >= 15 is 0 Å². The minimum Gasteiger partial charge on any atom is -0.465 e. The first-order valence-electron chi connectivity index (χ1n) is 6.50. The van der Waals surface area contributed by atoms with E-state index in [-0.39, 0.29) is 5.97 Å². The third-order valence-electron chi connectivity index (χ3n) is 3.52. The number of ether oxygens (including phenoxy) is 1. The number of thiocarbonyl (C=S) groups is 1. The molecule has 0 radical (unpaired) electrons. The molecule has 1 N–H and O–H groups in total. The molecule has 0 saturated heterocycles. The molecule has 106 valence electrons. The van der Waals surface area contributed by atoms with Crippen molar-refractivity contribution in [3.8, 4) is 0 Å². The molecular formula is C16H14N2O2S. The standard InChI is InChI=1S/C16H14N2O2S/c1-17-15(21)10-6-7-11-13(9-10)18-8-4-3-5-12(18)14(11)16(19)20-2/h3-9H,1-2H3,(H,17,21). The Bertz CT molecular complexity index is 867. The van der Waals surface area contributed by atoms with Gasteiger partial charge >= 0.3 is 5.97 Å². The maximum Gasteiger partial charge on any atom is 0.340 e. The molecule has 0 aliphatic rings. The van der Waals surface area contributed by atoms with Gasteiger partial charge in [0.05, 0.1) is 23.7 Å². The molecule has 0 fully saturated rings. The average molecular weight is 298 g/mol. The number of hydrogen-bond donors (Lipinski definition) is 1. The highest BCUT2D eigenvalue weighted by atomic mass is 32.1. The first-order valence-corrected chi connectivity index (χ1v) is 6.91. The van der Waals surface area contributed by atoms with Crippen molar-refractivity contribution in [2.75, 3.05) is 14.2 Å². The number of fused-ring (bicyclic) bond motifs is 3. The fraction of sp³-hybridized carbons (Fsp3) is 0.125. The summed E-state index contributed by atoms with van der Waals surface area (Å²) in [4.78, 5) is 12.8. The van der Waals surface area contributed by atoms with E-state index < -0.39 is 0 Å². The Morgan fingerprint density at radius 3 is 2.76 bits per heavy atom. The number of pyridine rings is 1. The number of methoxy groups -OCH3 is 1. The van der Waals surface area contributed by atoms with Gasteiger partial charge in [0.25, 0.3) is 0 Å². The van der Waals surface area contributed by atoms with Crippen molar-refractivity contribution in [3.63, 3.8) is 0 Å². The van der Waals surface area contributed by atoms with Crippen LogP contribution in [-0.2, 0) is 4.74 Å². The first kappa shape index (κ1) is 13.6. The molecule has 0 aliphatic heterocycles. The van der Waals surface area contributed by atoms with Crippen LogP contribution in [0.15, 0.2) is 42.6 Å². The van der Waals surface area contributed by atoms with Crippen molar-refractivity contribution in [3.05, 3.63) is 53.7 Å². The van der Waals surface area contributed by atoms with Crippen LogP contribution in [0.1, 0.15) is 15.9 Å². The van der Waals surface area contributed by atoms with Crippen LogP contribution in [0.2, 0.25) is 0 Å². The summed E-state index contributed by atoms with van der Waals surface area (Å²) in [6, 6.07) is 11.5. The molecule has 0 bridgehead atoms. The smallest absolute Gasteiger partial charge is 0.340 e. The van der Waals surface area contributed by atoms with Crippen LogP contribution in [0.5, 0.6) is 0 Å². The molecule has 1 aromatic carbocycles. The van der Waals surface area contributed by atoms with Crippen LogP contribution in [0.3, 0.4) is 0 Å². The highest BCUT2D eigenvalue weighted by molar-refractivity contribution is 7.80. The quantitative estimate of drug-likeness (QED) is 0.583. The summed E-state index contributed by atoms with van der Waals surface area (Å²) in [5.41, 5.74) is 3.25. The van der Waals surface area contributed by atoms with E-state index in [4.69, 9.17) is 17.0 Å². The lowest BCUT2D eigenvalue weighted by Gasteiger charge is -2.03. The zero-order chi connectivity index (χ0) is 15.0. The van der Waals surface area contributed by atoms with Gasteiger partial charge in [-0.2, -0.15) is 0 Å². The maximum atomic E-state index is 12.1. The number of esters is 1. The van der Waals surface area contributed by atoms with Gasteiger partial charge in [-0.1, -0.05) is 30.4 Å². The normalized spacial score (nSPS) is 10.8. The molecule has 0 saturated carbocycles. The second kappa shape index (κ2) is 5.18. The summed E-state index contributed by atoms with van der Waals surface area (Å²) in [7, 11) is 3.19. The molecule has 0 amide bonds. The summed E-state index contributed by atoms with van der Waals surface area (Å²) in [5, 5.41) is 3.82. The van der Waals surface area contributed by atoms with Crippen molar-refractivity contribution in [1.29, 1.82) is 0 Å². The molecule has 0 unspecified atom stereocenters. The Hall–Kier alpha value is -2.40. The van der Waals surface area contributed by atoms with Gasteiger partial charge in [-0.05, 0) is 18.2 Å². The number of carbonyl (C=O) groups excluding carboxylic acids is 1. The van der Waals surface area contributed by atoms with E-state index in [1.54, 1.807) is 7.05 Å². The molecule has 0 spiro atoms. The lowest BCUT2D eigenvalue weighted by atomic mass is 10.1. The molecule has 4 nitrogen and oxygen atoms in total. The number of nitrogens with one attached hydrogen (secondary N) is 1. The van der Waals surface area contributed by atoms with Gasteiger partial charge in [0.1, 0.15) is 4.99 Å². The van der Waals surface area contributed by atoms with Crippen LogP contribution < -0.4 is 5.32 Å². The maximum absolute atomic E-state index is 12.1. The number of benzene rings is 1. The Labute approximate surface area is 127 Å². The van der Waals surface area contributed by atoms with E-state index in [2.05, 4.69) is 5.32 Å². The summed E-state index contributed by atoms with van der Waals surface area (Å²) < 4.78 is 6.89. The summed E-state index contributed by atoms with van der Waals surface area (Å²) in [5.74, 6) is -0.336. The van der Waals surface area contributed by atoms with Gasteiger partial charge in [-0.3, -0.25) is 0 Å². The van der Waals surface area contributed by atoms with E-state index in [0.29, 0.717) is 10.6 Å². The van der Waals surface area contributed by atoms with Gasteiger partial charge in [-0.15, -0.1) is 0 Å². The topological polar surface area (TPSA) is 42.7 Å². The molecule has 0 atom stereocenters. The third-order valence-corrected chi connectivity index (χ3v) is 3.96. The predicted molar refractivity (Wildman–Crippen MR) is 87.0 cm³/mol. The highest BCUT2D eigenvalue weighted by Crippen LogP contribution is 2.28. The fourth-order valence-corrected chi connectivity index (χ4v) is 2.67. The lowest BCUT2D eigenvalue weighted by molar-refractivity contribution is 0.0605. The molecule has 5 heteroatoms. The Kier molecular flexibility index (Phi) is 3.35. The van der Waals surface area contributed by atoms with Gasteiger partial charge in [0.2, 0.25) is 0 Å². The van der Waals surface area contributed by atoms with Crippen LogP contribution in [-0.4, -0.2) is 29.5 Å². The van der Waals surface area contributed by atoms with Crippen molar-refractivity contribution in [1.82, 2.24) is 9.72 Å². The average Bonchev–Trinajstić information content (AvgIpc) is 2.87. The molecule has 2 aromatic heterocycles. The largest absolute Gasteiger partial charge is 0.465 e. The van der Waals surface area contributed by atoms with Crippen molar-refractivity contribution in [2.45, 2.75) is 0 Å². The minimum atomic E-state index is -0.336. The Morgan fingerprint density at radius 2 is 2.05 bits per heavy atom. The number of carbonyl (C=O) groups is 1. The number of nitrogens with zero attached hydrogens (tertiary/aromatic N) is 1. The Morgan fingerprint density at radius 1 is 1.24 bits per heavy atom. The van der Waals surface area contributed by atoms with E-state index in [1.807, 2.05) is 47.0 Å². The predicted octanol–water partition coefficient (Wildman–Crippen LogP) is 2.77. The van der Waals surface area contributed by atoms with Crippen molar-refractivity contribution < 1.29 is 9.53 Å². The van der Waals surface area contributed by atoms with Crippen LogP contribution in [0.4, 0.5) is 0 Å². The second-order valence-electron chi connectivity index (χ2n) is 4.63. The third kappa shape index (κ3) is 2.06. The van der Waals surface area contributed by atoms with Gasteiger partial charge in [0.15, 0.2) is 0 Å². The fourth-order valence-electron chi connectivity index (χ4n) is 2.54. The van der Waals surface area contributed by atoms with Gasteiger partial charge in [0, 0.05) is 24.2 Å². The number of rotatable bonds is 2. The van der Waals surface area contributed by atoms with Gasteiger partial charge < -0.3 is 14.5 Å². The first-order chi connectivity index (χ1) is 10.2. The number of hydrogen-bond acceptors (Lipinski definition) is 3. The van der Waals surface area contributed by atoms with Crippen LogP contribution in [0.25, 0.3) is 16.4 Å². The molecule has 3 rings (SSSR count). The molecule has 21 heavy (non-hydrogen) atoms. The lowest BCUT2D eigenvalue weighted by Crippen LogP contribution is -2.16. The van der Waals surface area contributed by atoms with Gasteiger partial charge in [-0.25, -0.2) is 4.79 Å². The summed E-state index contributed by atoms with van der Waals surface area (Å²) in [6.07, 6.45) is 1.93. The summed E-state index contributed by atoms with van der Waals surface area (Å²) >= 11 is 5.28. The van der Waals surface area contributed by atoms with E-state index in [9.17, 15) is 4.79 Å². The van der Waals surface area contributed by atoms with Crippen LogP contribution in [0, 0.1) is 0 Å². The monoisotopic (exact) mass is 298 g/mol. The van der Waals surface area contributed by atoms with Crippen LogP contribution >= 0.6 is 12.2 Å². The SMILES string of the molecule is CNC(=S)c1ccc2c(C(=O)OC)c3ccccn3c2c1. The van der Waals surface area contributed by atoms with E-state index in [0.717, 1.165) is 22.0 Å². The van der Waals surface area contributed by atoms with Crippen molar-refractivity contribution in [2.24, 2.45) is 0 Å². The zero-order valence-corrected chi connectivity index (χ0v) is 12.5. The number of aromatic nitrogens is 1. The molecule has 0 aliphatic carbocycles.